The average Bonchev–Trinajstić information content (AvgIpc) is 2.26. The summed E-state index contributed by atoms with van der Waals surface area (Å²) in [5.41, 5.74) is 5.83. The summed E-state index contributed by atoms with van der Waals surface area (Å²) in [4.78, 5) is 11.6. The lowest BCUT2D eigenvalue weighted by Gasteiger charge is -2.20. The largest absolute Gasteiger partial charge is 0.483 e. The minimum absolute atomic E-state index is 0.0968. The van der Waals surface area contributed by atoms with E-state index in [1.807, 2.05) is 20.8 Å². The highest BCUT2D eigenvalue weighted by Crippen LogP contribution is 2.20. The smallest absolute Gasteiger partial charge is 0.258 e. The number of benzene rings is 1. The van der Waals surface area contributed by atoms with Crippen LogP contribution >= 0.6 is 0 Å². The molecule has 5 heteroatoms. The zero-order valence-corrected chi connectivity index (χ0v) is 11.6. The highest BCUT2D eigenvalue weighted by molar-refractivity contribution is 5.78. The number of ether oxygens (including phenoxy) is 1. The van der Waals surface area contributed by atoms with E-state index >= 15 is 0 Å². The van der Waals surface area contributed by atoms with Crippen LogP contribution in [0.2, 0.25) is 0 Å². The van der Waals surface area contributed by atoms with E-state index in [0.29, 0.717) is 24.3 Å². The van der Waals surface area contributed by atoms with Crippen molar-refractivity contribution in [3.8, 4) is 5.75 Å². The van der Waals surface area contributed by atoms with E-state index in [1.54, 1.807) is 0 Å². The second-order valence-electron chi connectivity index (χ2n) is 5.38. The van der Waals surface area contributed by atoms with Gasteiger partial charge in [0.05, 0.1) is 0 Å². The van der Waals surface area contributed by atoms with Crippen LogP contribution in [-0.4, -0.2) is 24.6 Å². The minimum Gasteiger partial charge on any atom is -0.483 e. The van der Waals surface area contributed by atoms with E-state index in [9.17, 15) is 9.18 Å². The molecule has 0 bridgehead atoms. The van der Waals surface area contributed by atoms with Gasteiger partial charge in [0, 0.05) is 5.54 Å². The first-order valence-corrected chi connectivity index (χ1v) is 6.24. The first-order valence-electron chi connectivity index (χ1n) is 6.24. The molecular weight excluding hydrogens is 247 g/mol. The zero-order valence-electron chi connectivity index (χ0n) is 11.6. The van der Waals surface area contributed by atoms with Gasteiger partial charge in [-0.1, -0.05) is 0 Å². The van der Waals surface area contributed by atoms with Gasteiger partial charge in [-0.2, -0.15) is 0 Å². The Labute approximate surface area is 113 Å². The average molecular weight is 268 g/mol. The van der Waals surface area contributed by atoms with Crippen molar-refractivity contribution in [2.45, 2.75) is 32.7 Å². The van der Waals surface area contributed by atoms with Crippen molar-refractivity contribution in [1.29, 1.82) is 0 Å². The van der Waals surface area contributed by atoms with Gasteiger partial charge in [0.1, 0.15) is 11.6 Å². The van der Waals surface area contributed by atoms with E-state index in [0.717, 1.165) is 0 Å². The van der Waals surface area contributed by atoms with Crippen LogP contribution in [0.25, 0.3) is 0 Å². The molecule has 0 saturated carbocycles. The van der Waals surface area contributed by atoms with Crippen molar-refractivity contribution >= 4 is 5.91 Å². The third-order valence-electron chi connectivity index (χ3n) is 2.31. The molecule has 1 rings (SSSR count). The van der Waals surface area contributed by atoms with E-state index in [1.165, 1.54) is 18.2 Å². The number of carbonyl (C=O) groups is 1. The third kappa shape index (κ3) is 5.70. The number of hydrogen-bond donors (Lipinski definition) is 2. The molecule has 0 atom stereocenters. The fraction of sp³-hybridized carbons (Fsp3) is 0.500. The lowest BCUT2D eigenvalue weighted by molar-refractivity contribution is -0.124. The number of hydrogen-bond acceptors (Lipinski definition) is 3. The summed E-state index contributed by atoms with van der Waals surface area (Å²) in [6.45, 7) is 5.97. The Balaban J connectivity index is 2.64. The number of rotatable bonds is 5. The molecule has 0 fully saturated rings. The molecule has 3 N–H and O–H groups in total. The Morgan fingerprint density at radius 3 is 2.68 bits per heavy atom. The van der Waals surface area contributed by atoms with Crippen LogP contribution in [0.15, 0.2) is 18.2 Å². The molecule has 1 aromatic rings. The van der Waals surface area contributed by atoms with Crippen molar-refractivity contribution in [3.05, 3.63) is 29.6 Å². The fourth-order valence-electron chi connectivity index (χ4n) is 1.64. The molecule has 0 unspecified atom stereocenters. The lowest BCUT2D eigenvalue weighted by Crippen LogP contribution is -2.43. The summed E-state index contributed by atoms with van der Waals surface area (Å²) < 4.78 is 18.5. The van der Waals surface area contributed by atoms with Gasteiger partial charge in [-0.25, -0.2) is 4.39 Å². The van der Waals surface area contributed by atoms with Gasteiger partial charge in [-0.15, -0.1) is 0 Å². The van der Waals surface area contributed by atoms with E-state index < -0.39 is 0 Å². The number of nitrogens with one attached hydrogen (secondary N) is 1. The SMILES string of the molecule is CC(C)(C)NC(=O)COc1ccc(F)cc1CCN. The van der Waals surface area contributed by atoms with E-state index in [4.69, 9.17) is 10.5 Å². The number of amides is 1. The highest BCUT2D eigenvalue weighted by atomic mass is 19.1. The molecule has 19 heavy (non-hydrogen) atoms. The maximum absolute atomic E-state index is 13.1. The molecule has 106 valence electrons. The second-order valence-corrected chi connectivity index (χ2v) is 5.38. The Morgan fingerprint density at radius 2 is 2.11 bits per heavy atom. The monoisotopic (exact) mass is 268 g/mol. The molecule has 0 aromatic heterocycles. The number of carbonyl (C=O) groups excluding carboxylic acids is 1. The predicted molar refractivity (Wildman–Crippen MR) is 72.5 cm³/mol. The molecule has 0 heterocycles. The number of nitrogens with two attached hydrogens (primary N) is 1. The molecular formula is C14H21FN2O2. The molecule has 0 saturated heterocycles. The summed E-state index contributed by atoms with van der Waals surface area (Å²) in [6.07, 6.45) is 0.508. The zero-order chi connectivity index (χ0) is 14.5. The molecule has 0 spiro atoms. The molecule has 0 radical (unpaired) electrons. The van der Waals surface area contributed by atoms with Gasteiger partial charge in [0.25, 0.3) is 5.91 Å². The molecule has 0 aliphatic carbocycles. The summed E-state index contributed by atoms with van der Waals surface area (Å²) in [7, 11) is 0. The normalized spacial score (nSPS) is 11.2. The molecule has 1 amide bonds. The Bertz CT molecular complexity index is 442. The van der Waals surface area contributed by atoms with Crippen LogP contribution < -0.4 is 15.8 Å². The Morgan fingerprint density at radius 1 is 1.42 bits per heavy atom. The van der Waals surface area contributed by atoms with Crippen molar-refractivity contribution in [1.82, 2.24) is 5.32 Å². The van der Waals surface area contributed by atoms with Gasteiger partial charge >= 0.3 is 0 Å². The van der Waals surface area contributed by atoms with Gasteiger partial charge in [0.2, 0.25) is 0 Å². The molecule has 1 aromatic carbocycles. The quantitative estimate of drug-likeness (QED) is 0.853. The minimum atomic E-state index is -0.338. The van der Waals surface area contributed by atoms with E-state index in [-0.39, 0.29) is 23.9 Å². The van der Waals surface area contributed by atoms with Gasteiger partial charge in [0.15, 0.2) is 6.61 Å². The number of halogens is 1. The van der Waals surface area contributed by atoms with Gasteiger partial charge in [-0.3, -0.25) is 4.79 Å². The van der Waals surface area contributed by atoms with Gasteiger partial charge in [-0.05, 0) is 57.5 Å². The first kappa shape index (κ1) is 15.4. The molecule has 0 aliphatic rings. The third-order valence-corrected chi connectivity index (χ3v) is 2.31. The van der Waals surface area contributed by atoms with Crippen LogP contribution in [-0.2, 0) is 11.2 Å². The van der Waals surface area contributed by atoms with E-state index in [2.05, 4.69) is 5.32 Å². The van der Waals surface area contributed by atoms with Crippen LogP contribution in [0, 0.1) is 5.82 Å². The topological polar surface area (TPSA) is 64.3 Å². The molecule has 0 aliphatic heterocycles. The maximum atomic E-state index is 13.1. The van der Waals surface area contributed by atoms with Gasteiger partial charge < -0.3 is 15.8 Å². The van der Waals surface area contributed by atoms with Crippen LogP contribution in [0.4, 0.5) is 4.39 Å². The first-order chi connectivity index (χ1) is 8.81. The maximum Gasteiger partial charge on any atom is 0.258 e. The fourth-order valence-corrected chi connectivity index (χ4v) is 1.64. The molecule has 4 nitrogen and oxygen atoms in total. The van der Waals surface area contributed by atoms with Crippen LogP contribution in [0.3, 0.4) is 0 Å². The predicted octanol–water partition coefficient (Wildman–Crippen LogP) is 1.62. The Hall–Kier alpha value is -1.62. The summed E-state index contributed by atoms with van der Waals surface area (Å²) in [5, 5.41) is 2.79. The standard InChI is InChI=1S/C14H21FN2O2/c1-14(2,3)17-13(18)9-19-12-5-4-11(15)8-10(12)6-7-16/h4-5,8H,6-7,9,16H2,1-3H3,(H,17,18). The lowest BCUT2D eigenvalue weighted by atomic mass is 10.1. The summed E-state index contributed by atoms with van der Waals surface area (Å²) in [5.74, 6) is -0.0543. The van der Waals surface area contributed by atoms with Crippen LogP contribution in [0.1, 0.15) is 26.3 Å². The summed E-state index contributed by atoms with van der Waals surface area (Å²) >= 11 is 0. The Kier molecular flexibility index (Phi) is 5.30. The van der Waals surface area contributed by atoms with Crippen molar-refractivity contribution in [3.63, 3.8) is 0 Å². The van der Waals surface area contributed by atoms with Crippen molar-refractivity contribution in [2.75, 3.05) is 13.2 Å². The van der Waals surface area contributed by atoms with Crippen LogP contribution in [0.5, 0.6) is 5.75 Å². The summed E-state index contributed by atoms with van der Waals surface area (Å²) in [6, 6.07) is 4.20. The second kappa shape index (κ2) is 6.52. The highest BCUT2D eigenvalue weighted by Gasteiger charge is 2.14. The van der Waals surface area contributed by atoms with Crippen molar-refractivity contribution < 1.29 is 13.9 Å². The van der Waals surface area contributed by atoms with Crippen molar-refractivity contribution in [2.24, 2.45) is 5.73 Å².